The number of aromatic nitrogens is 3. The number of hydrogen-bond donors (Lipinski definition) is 0. The Hall–Kier alpha value is -8.38. The largest absolute Gasteiger partial charge is 0.309 e. The predicted octanol–water partition coefficient (Wildman–Crippen LogP) is 14.2. The standard InChI is InChI=1S/C58H37N5/c1-58(2)45-20-10-6-18-42(45)56-46(58)26-29-52-57(56)44-32-38(61-47-21-11-7-16-40(47)41-17-8-12-22-48(41)61)25-28-50(44)63(52)54-31-36(33-59)53(30-37(54)34-60)62-49-23-13-9-19-43(49)55-39-15-5-3-4-14-35(39)24-27-51(55)62/h3-14,16-32H,15H2,1-2H3. The van der Waals surface area contributed by atoms with Crippen LogP contribution in [0.4, 0.5) is 0 Å². The number of para-hydroxylation sites is 3. The summed E-state index contributed by atoms with van der Waals surface area (Å²) in [5.74, 6) is 0. The quantitative estimate of drug-likeness (QED) is 0.179. The van der Waals surface area contributed by atoms with Gasteiger partial charge in [-0.05, 0) is 100 Å². The number of allylic oxidation sites excluding steroid dienone is 3. The smallest absolute Gasteiger partial charge is 0.101 e. The van der Waals surface area contributed by atoms with E-state index in [0.29, 0.717) is 22.5 Å². The average molecular weight is 804 g/mol. The van der Waals surface area contributed by atoms with Crippen LogP contribution in [0.3, 0.4) is 0 Å². The SMILES string of the molecule is CC1(C)c2ccccc2-c2c1ccc1c2c2cc(-n3c4ccccc4c4ccccc43)ccc2n1-c1cc(C#N)c(-n2c3ccccc3c3c4c(ccc32)C=CC=CC4)cc1C#N. The van der Waals surface area contributed by atoms with Gasteiger partial charge in [0.25, 0.3) is 0 Å². The number of nitrogens with zero attached hydrogens (tertiary/aromatic N) is 5. The molecule has 13 rings (SSSR count). The first-order valence-electron chi connectivity index (χ1n) is 21.5. The van der Waals surface area contributed by atoms with Crippen molar-refractivity contribution in [3.8, 4) is 40.3 Å². The van der Waals surface area contributed by atoms with Gasteiger partial charge in [0.15, 0.2) is 0 Å². The molecule has 63 heavy (non-hydrogen) atoms. The lowest BCUT2D eigenvalue weighted by molar-refractivity contribution is 0.661. The van der Waals surface area contributed by atoms with E-state index in [1.807, 2.05) is 18.2 Å². The molecule has 0 radical (unpaired) electrons. The molecule has 0 aliphatic heterocycles. The van der Waals surface area contributed by atoms with Crippen molar-refractivity contribution in [3.63, 3.8) is 0 Å². The summed E-state index contributed by atoms with van der Waals surface area (Å²) in [7, 11) is 0. The number of rotatable bonds is 3. The van der Waals surface area contributed by atoms with E-state index in [0.717, 1.165) is 61.4 Å². The Bertz CT molecular complexity index is 3940. The van der Waals surface area contributed by atoms with Crippen molar-refractivity contribution >= 4 is 71.5 Å². The Morgan fingerprint density at radius 2 is 1.06 bits per heavy atom. The summed E-state index contributed by atoms with van der Waals surface area (Å²) < 4.78 is 6.78. The first kappa shape index (κ1) is 35.4. The number of hydrogen-bond acceptors (Lipinski definition) is 2. The van der Waals surface area contributed by atoms with Gasteiger partial charge in [0.2, 0.25) is 0 Å². The van der Waals surface area contributed by atoms with Gasteiger partial charge in [-0.1, -0.05) is 129 Å². The lowest BCUT2D eigenvalue weighted by Crippen LogP contribution is -2.14. The first-order chi connectivity index (χ1) is 31.0. The zero-order valence-electron chi connectivity index (χ0n) is 34.7. The highest BCUT2D eigenvalue weighted by Crippen LogP contribution is 2.53. The second kappa shape index (κ2) is 12.8. The van der Waals surface area contributed by atoms with Crippen LogP contribution in [0.15, 0.2) is 170 Å². The second-order valence-electron chi connectivity index (χ2n) is 17.4. The Balaban J connectivity index is 1.12. The third kappa shape index (κ3) is 4.69. The minimum absolute atomic E-state index is 0.209. The van der Waals surface area contributed by atoms with Gasteiger partial charge in [0.1, 0.15) is 12.1 Å². The Morgan fingerprint density at radius 3 is 1.76 bits per heavy atom. The maximum atomic E-state index is 11.2. The van der Waals surface area contributed by atoms with Crippen LogP contribution in [0.2, 0.25) is 0 Å². The molecule has 2 aliphatic carbocycles. The molecule has 3 heterocycles. The first-order valence-corrected chi connectivity index (χ1v) is 21.5. The number of fused-ring (bicyclic) bond motifs is 15. The van der Waals surface area contributed by atoms with Crippen molar-refractivity contribution in [3.05, 3.63) is 203 Å². The fourth-order valence-corrected chi connectivity index (χ4v) is 11.2. The highest BCUT2D eigenvalue weighted by atomic mass is 15.0. The van der Waals surface area contributed by atoms with Crippen molar-refractivity contribution in [1.29, 1.82) is 10.5 Å². The number of nitriles is 2. The monoisotopic (exact) mass is 803 g/mol. The summed E-state index contributed by atoms with van der Waals surface area (Å²) in [5.41, 5.74) is 16.9. The summed E-state index contributed by atoms with van der Waals surface area (Å²) in [6.45, 7) is 4.63. The van der Waals surface area contributed by atoms with Gasteiger partial charge >= 0.3 is 0 Å². The van der Waals surface area contributed by atoms with Crippen molar-refractivity contribution in [2.24, 2.45) is 0 Å². The van der Waals surface area contributed by atoms with Crippen LogP contribution in [0, 0.1) is 22.7 Å². The minimum atomic E-state index is -0.209. The summed E-state index contributed by atoms with van der Waals surface area (Å²) in [6.07, 6.45) is 9.36. The molecule has 5 heteroatoms. The third-order valence-electron chi connectivity index (χ3n) is 14.0. The van der Waals surface area contributed by atoms with Gasteiger partial charge in [-0.3, -0.25) is 0 Å². The molecule has 2 aliphatic rings. The molecule has 0 atom stereocenters. The molecule has 0 N–H and O–H groups in total. The van der Waals surface area contributed by atoms with E-state index in [4.69, 9.17) is 0 Å². The van der Waals surface area contributed by atoms with Crippen LogP contribution >= 0.6 is 0 Å². The highest BCUT2D eigenvalue weighted by Gasteiger charge is 2.37. The fourth-order valence-electron chi connectivity index (χ4n) is 11.2. The molecular weight excluding hydrogens is 767 g/mol. The highest BCUT2D eigenvalue weighted by molar-refractivity contribution is 6.19. The van der Waals surface area contributed by atoms with Crippen LogP contribution < -0.4 is 0 Å². The molecule has 0 unspecified atom stereocenters. The summed E-state index contributed by atoms with van der Waals surface area (Å²) in [6, 6.07) is 59.1. The molecule has 5 nitrogen and oxygen atoms in total. The molecule has 294 valence electrons. The summed E-state index contributed by atoms with van der Waals surface area (Å²) in [4.78, 5) is 0. The summed E-state index contributed by atoms with van der Waals surface area (Å²) in [5, 5.41) is 29.3. The van der Waals surface area contributed by atoms with Gasteiger partial charge in [-0.25, -0.2) is 0 Å². The number of benzene rings is 8. The molecular formula is C58H37N5. The lowest BCUT2D eigenvalue weighted by Gasteiger charge is -2.21. The van der Waals surface area contributed by atoms with Crippen molar-refractivity contribution in [2.75, 3.05) is 0 Å². The molecule has 0 fully saturated rings. The van der Waals surface area contributed by atoms with E-state index in [-0.39, 0.29) is 5.41 Å². The zero-order chi connectivity index (χ0) is 42.1. The van der Waals surface area contributed by atoms with E-state index in [2.05, 4.69) is 197 Å². The molecule has 0 bridgehead atoms. The van der Waals surface area contributed by atoms with Gasteiger partial charge in [0, 0.05) is 43.4 Å². The van der Waals surface area contributed by atoms with E-state index in [1.54, 1.807) is 0 Å². The van der Waals surface area contributed by atoms with Crippen molar-refractivity contribution in [1.82, 2.24) is 13.7 Å². The van der Waals surface area contributed by atoms with Crippen LogP contribution in [0.25, 0.3) is 99.7 Å². The Morgan fingerprint density at radius 1 is 0.492 bits per heavy atom. The maximum absolute atomic E-state index is 11.2. The van der Waals surface area contributed by atoms with E-state index >= 15 is 0 Å². The van der Waals surface area contributed by atoms with Gasteiger partial charge in [-0.2, -0.15) is 10.5 Å². The van der Waals surface area contributed by atoms with Crippen LogP contribution in [-0.2, 0) is 11.8 Å². The molecule has 0 saturated carbocycles. The molecule has 11 aromatic rings. The molecule has 8 aromatic carbocycles. The Labute approximate surface area is 363 Å². The maximum Gasteiger partial charge on any atom is 0.101 e. The predicted molar refractivity (Wildman–Crippen MR) is 258 cm³/mol. The minimum Gasteiger partial charge on any atom is -0.309 e. The topological polar surface area (TPSA) is 62.4 Å². The van der Waals surface area contributed by atoms with E-state index in [1.165, 1.54) is 49.5 Å². The summed E-state index contributed by atoms with van der Waals surface area (Å²) >= 11 is 0. The zero-order valence-corrected chi connectivity index (χ0v) is 34.7. The fraction of sp³-hybridized carbons (Fsp3) is 0.0690. The molecule has 3 aromatic heterocycles. The van der Waals surface area contributed by atoms with Crippen LogP contribution in [-0.4, -0.2) is 13.7 Å². The van der Waals surface area contributed by atoms with Gasteiger partial charge in [0.05, 0.1) is 55.6 Å². The molecule has 0 spiro atoms. The lowest BCUT2D eigenvalue weighted by atomic mass is 9.82. The third-order valence-corrected chi connectivity index (χ3v) is 14.0. The van der Waals surface area contributed by atoms with E-state index < -0.39 is 0 Å². The second-order valence-corrected chi connectivity index (χ2v) is 17.4. The van der Waals surface area contributed by atoms with Crippen molar-refractivity contribution in [2.45, 2.75) is 25.7 Å². The van der Waals surface area contributed by atoms with Crippen LogP contribution in [0.5, 0.6) is 0 Å². The average Bonchev–Trinajstić information content (AvgIpc) is 3.95. The van der Waals surface area contributed by atoms with Gasteiger partial charge < -0.3 is 13.7 Å². The Kier molecular flexibility index (Phi) is 7.20. The molecule has 0 amide bonds. The van der Waals surface area contributed by atoms with E-state index in [9.17, 15) is 10.5 Å². The molecule has 0 saturated heterocycles. The van der Waals surface area contributed by atoms with Crippen molar-refractivity contribution < 1.29 is 0 Å². The van der Waals surface area contributed by atoms with Gasteiger partial charge in [-0.15, -0.1) is 0 Å². The van der Waals surface area contributed by atoms with Crippen LogP contribution in [0.1, 0.15) is 47.2 Å². The normalized spacial score (nSPS) is 13.8.